The number of hydrogen-bond acceptors (Lipinski definition) is 4. The van der Waals surface area contributed by atoms with Gasteiger partial charge >= 0.3 is 6.18 Å². The number of alkyl halides is 3. The van der Waals surface area contributed by atoms with Crippen molar-refractivity contribution >= 4 is 0 Å². The first-order valence-corrected chi connectivity index (χ1v) is 7.68. The summed E-state index contributed by atoms with van der Waals surface area (Å²) in [7, 11) is 3.06. The third-order valence-corrected chi connectivity index (χ3v) is 4.09. The third-order valence-electron chi connectivity index (χ3n) is 4.09. The van der Waals surface area contributed by atoms with Crippen LogP contribution in [0.3, 0.4) is 0 Å². The maximum atomic E-state index is 12.7. The Balaban J connectivity index is 2.24. The summed E-state index contributed by atoms with van der Waals surface area (Å²) in [5, 5.41) is 3.23. The molecule has 1 atom stereocenters. The fourth-order valence-corrected chi connectivity index (χ4v) is 2.91. The van der Waals surface area contributed by atoms with E-state index in [1.54, 1.807) is 12.1 Å². The summed E-state index contributed by atoms with van der Waals surface area (Å²) in [6.07, 6.45) is -4.90. The molecule has 1 heterocycles. The van der Waals surface area contributed by atoms with Gasteiger partial charge in [0, 0.05) is 38.6 Å². The molecule has 1 N–H and O–H groups in total. The van der Waals surface area contributed by atoms with Gasteiger partial charge in [0.25, 0.3) is 0 Å². The van der Waals surface area contributed by atoms with Crippen LogP contribution in [0.25, 0.3) is 0 Å². The molecule has 1 aliphatic rings. The minimum Gasteiger partial charge on any atom is -0.493 e. The first kappa shape index (κ1) is 17.9. The first-order valence-electron chi connectivity index (χ1n) is 7.68. The van der Waals surface area contributed by atoms with Gasteiger partial charge in [-0.1, -0.05) is 6.07 Å². The van der Waals surface area contributed by atoms with Gasteiger partial charge in [-0.05, 0) is 24.1 Å². The highest BCUT2D eigenvalue weighted by atomic mass is 19.4. The van der Waals surface area contributed by atoms with Crippen LogP contribution < -0.4 is 14.8 Å². The average Bonchev–Trinajstić information content (AvgIpc) is 2.54. The van der Waals surface area contributed by atoms with Crippen molar-refractivity contribution in [3.8, 4) is 11.5 Å². The largest absolute Gasteiger partial charge is 0.493 e. The Morgan fingerprint density at radius 1 is 1.13 bits per heavy atom. The second-order valence-corrected chi connectivity index (χ2v) is 5.57. The van der Waals surface area contributed by atoms with Crippen LogP contribution in [-0.2, 0) is 0 Å². The van der Waals surface area contributed by atoms with Crippen LogP contribution in [-0.4, -0.2) is 51.5 Å². The van der Waals surface area contributed by atoms with E-state index >= 15 is 0 Å². The molecule has 2 rings (SSSR count). The predicted molar refractivity (Wildman–Crippen MR) is 82.0 cm³/mol. The maximum absolute atomic E-state index is 12.7. The Bertz CT molecular complexity index is 503. The molecular weight excluding hydrogens is 309 g/mol. The number of piperazine rings is 1. The van der Waals surface area contributed by atoms with Gasteiger partial charge in [-0.15, -0.1) is 0 Å². The topological polar surface area (TPSA) is 33.7 Å². The quantitative estimate of drug-likeness (QED) is 0.868. The number of halogens is 3. The molecule has 4 nitrogen and oxygen atoms in total. The van der Waals surface area contributed by atoms with Crippen molar-refractivity contribution in [2.24, 2.45) is 0 Å². The molecule has 23 heavy (non-hydrogen) atoms. The van der Waals surface area contributed by atoms with Crippen molar-refractivity contribution in [2.45, 2.75) is 25.1 Å². The van der Waals surface area contributed by atoms with E-state index in [0.29, 0.717) is 11.5 Å². The molecule has 1 aromatic carbocycles. The number of nitrogens with one attached hydrogen (secondary N) is 1. The van der Waals surface area contributed by atoms with Crippen molar-refractivity contribution in [3.63, 3.8) is 0 Å². The van der Waals surface area contributed by atoms with Gasteiger partial charge in [0.15, 0.2) is 11.5 Å². The second-order valence-electron chi connectivity index (χ2n) is 5.57. The lowest BCUT2D eigenvalue weighted by molar-refractivity contribution is -0.138. The van der Waals surface area contributed by atoms with Crippen LogP contribution in [0, 0.1) is 0 Å². The molecule has 1 aromatic rings. The molecule has 0 unspecified atom stereocenters. The van der Waals surface area contributed by atoms with Crippen LogP contribution in [0.2, 0.25) is 0 Å². The fourth-order valence-electron chi connectivity index (χ4n) is 2.91. The first-order chi connectivity index (χ1) is 10.9. The summed E-state index contributed by atoms with van der Waals surface area (Å²) in [6, 6.07) is 5.07. The molecule has 0 aliphatic carbocycles. The van der Waals surface area contributed by atoms with Crippen molar-refractivity contribution in [3.05, 3.63) is 23.8 Å². The van der Waals surface area contributed by atoms with Gasteiger partial charge in [-0.3, -0.25) is 4.90 Å². The molecular formula is C16H23F3N2O2. The Hall–Kier alpha value is -1.47. The fraction of sp³-hybridized carbons (Fsp3) is 0.625. The van der Waals surface area contributed by atoms with Gasteiger partial charge < -0.3 is 14.8 Å². The summed E-state index contributed by atoms with van der Waals surface area (Å²) in [5.74, 6) is 1.11. The monoisotopic (exact) mass is 332 g/mol. The minimum absolute atomic E-state index is 0.0407. The Kier molecular flexibility index (Phi) is 6.12. The van der Waals surface area contributed by atoms with Crippen LogP contribution >= 0.6 is 0 Å². The highest BCUT2D eigenvalue weighted by molar-refractivity contribution is 5.43. The SMILES string of the molecule is COc1ccc([C@H](CCC(F)(F)F)N2CCNCC2)cc1OC. The third kappa shape index (κ3) is 5.00. The molecule has 1 fully saturated rings. The van der Waals surface area contributed by atoms with Crippen LogP contribution in [0.1, 0.15) is 24.4 Å². The average molecular weight is 332 g/mol. The van der Waals surface area contributed by atoms with E-state index in [2.05, 4.69) is 10.2 Å². The van der Waals surface area contributed by atoms with E-state index in [1.807, 2.05) is 6.07 Å². The molecule has 0 radical (unpaired) electrons. The molecule has 7 heteroatoms. The van der Waals surface area contributed by atoms with Crippen LogP contribution in [0.15, 0.2) is 18.2 Å². The van der Waals surface area contributed by atoms with Gasteiger partial charge in [0.2, 0.25) is 0 Å². The lowest BCUT2D eigenvalue weighted by Gasteiger charge is -2.35. The Morgan fingerprint density at radius 2 is 1.78 bits per heavy atom. The summed E-state index contributed by atoms with van der Waals surface area (Å²) in [6.45, 7) is 3.04. The lowest BCUT2D eigenvalue weighted by atomic mass is 9.98. The number of nitrogens with zero attached hydrogens (tertiary/aromatic N) is 1. The zero-order valence-corrected chi connectivity index (χ0v) is 13.4. The molecule has 0 bridgehead atoms. The molecule has 0 aromatic heterocycles. The highest BCUT2D eigenvalue weighted by Gasteiger charge is 2.31. The van der Waals surface area contributed by atoms with E-state index in [-0.39, 0.29) is 12.5 Å². The molecule has 0 saturated carbocycles. The number of ether oxygens (including phenoxy) is 2. The predicted octanol–water partition coefficient (Wildman–Crippen LogP) is 2.99. The van der Waals surface area contributed by atoms with Crippen LogP contribution in [0.5, 0.6) is 11.5 Å². The molecule has 1 saturated heterocycles. The summed E-state index contributed by atoms with van der Waals surface area (Å²) in [5.41, 5.74) is 0.828. The summed E-state index contributed by atoms with van der Waals surface area (Å²) < 4.78 is 48.5. The molecule has 1 aliphatic heterocycles. The van der Waals surface area contributed by atoms with E-state index < -0.39 is 12.6 Å². The van der Waals surface area contributed by atoms with Crippen molar-refractivity contribution in [1.29, 1.82) is 0 Å². The molecule has 130 valence electrons. The number of hydrogen-bond donors (Lipinski definition) is 1. The van der Waals surface area contributed by atoms with Gasteiger partial charge in [0.1, 0.15) is 0 Å². The lowest BCUT2D eigenvalue weighted by Crippen LogP contribution is -2.45. The molecule has 0 spiro atoms. The Morgan fingerprint density at radius 3 is 2.35 bits per heavy atom. The minimum atomic E-state index is -4.15. The van der Waals surface area contributed by atoms with Crippen molar-refractivity contribution in [1.82, 2.24) is 10.2 Å². The second kappa shape index (κ2) is 7.88. The Labute approximate surface area is 134 Å². The zero-order valence-electron chi connectivity index (χ0n) is 13.4. The van der Waals surface area contributed by atoms with Gasteiger partial charge in [-0.25, -0.2) is 0 Å². The summed E-state index contributed by atoms with van der Waals surface area (Å²) in [4.78, 5) is 2.10. The maximum Gasteiger partial charge on any atom is 0.389 e. The van der Waals surface area contributed by atoms with E-state index in [1.165, 1.54) is 14.2 Å². The standard InChI is InChI=1S/C16H23F3N2O2/c1-22-14-4-3-12(11-15(14)23-2)13(5-6-16(17,18)19)21-9-7-20-8-10-21/h3-4,11,13,20H,5-10H2,1-2H3/t13-/m0/s1. The van der Waals surface area contributed by atoms with Crippen LogP contribution in [0.4, 0.5) is 13.2 Å². The smallest absolute Gasteiger partial charge is 0.389 e. The van der Waals surface area contributed by atoms with E-state index in [0.717, 1.165) is 31.7 Å². The number of rotatable bonds is 6. The van der Waals surface area contributed by atoms with Crippen molar-refractivity contribution < 1.29 is 22.6 Å². The highest BCUT2D eigenvalue weighted by Crippen LogP contribution is 2.36. The van der Waals surface area contributed by atoms with Gasteiger partial charge in [0.05, 0.1) is 14.2 Å². The summed E-state index contributed by atoms with van der Waals surface area (Å²) >= 11 is 0. The van der Waals surface area contributed by atoms with Crippen molar-refractivity contribution in [2.75, 3.05) is 40.4 Å². The normalized spacial score (nSPS) is 17.8. The van der Waals surface area contributed by atoms with E-state index in [9.17, 15) is 13.2 Å². The van der Waals surface area contributed by atoms with Gasteiger partial charge in [-0.2, -0.15) is 13.2 Å². The molecule has 0 amide bonds. The number of benzene rings is 1. The number of methoxy groups -OCH3 is 2. The van der Waals surface area contributed by atoms with E-state index in [4.69, 9.17) is 9.47 Å². The zero-order chi connectivity index (χ0) is 16.9.